The summed E-state index contributed by atoms with van der Waals surface area (Å²) in [5.41, 5.74) is 2.37. The first kappa shape index (κ1) is 18.9. The first-order valence-electron chi connectivity index (χ1n) is 8.92. The second-order valence-electron chi connectivity index (χ2n) is 6.46. The van der Waals surface area contributed by atoms with Crippen molar-refractivity contribution in [2.24, 2.45) is 0 Å². The summed E-state index contributed by atoms with van der Waals surface area (Å²) in [7, 11) is 0. The molecule has 0 unspecified atom stereocenters. The highest BCUT2D eigenvalue weighted by Gasteiger charge is 2.30. The Morgan fingerprint density at radius 3 is 2.74 bits per heavy atom. The number of aromatic amines is 1. The number of benzene rings is 1. The van der Waals surface area contributed by atoms with Crippen LogP contribution in [0.2, 0.25) is 0 Å². The van der Waals surface area contributed by atoms with Crippen LogP contribution in [-0.4, -0.2) is 52.5 Å². The fourth-order valence-electron chi connectivity index (χ4n) is 3.08. The van der Waals surface area contributed by atoms with Crippen LogP contribution in [-0.2, 0) is 11.2 Å². The van der Waals surface area contributed by atoms with Gasteiger partial charge in [0.2, 0.25) is 0 Å². The zero-order valence-corrected chi connectivity index (χ0v) is 15.3. The smallest absolute Gasteiger partial charge is 0.335 e. The van der Waals surface area contributed by atoms with Gasteiger partial charge in [-0.1, -0.05) is 6.92 Å². The van der Waals surface area contributed by atoms with Gasteiger partial charge in [-0.2, -0.15) is 5.10 Å². The Morgan fingerprint density at radius 1 is 1.37 bits per heavy atom. The summed E-state index contributed by atoms with van der Waals surface area (Å²) in [6.07, 6.45) is 1.03. The number of aromatic nitrogens is 2. The van der Waals surface area contributed by atoms with Crippen molar-refractivity contribution in [1.82, 2.24) is 15.5 Å². The molecule has 1 aliphatic rings. The van der Waals surface area contributed by atoms with Crippen molar-refractivity contribution in [3.63, 3.8) is 0 Å². The lowest BCUT2D eigenvalue weighted by Crippen LogP contribution is -2.51. The minimum Gasteiger partial charge on any atom is -0.486 e. The molecule has 8 heteroatoms. The van der Waals surface area contributed by atoms with Gasteiger partial charge in [0.1, 0.15) is 11.9 Å². The van der Waals surface area contributed by atoms with E-state index in [4.69, 9.17) is 14.6 Å². The predicted octanol–water partition coefficient (Wildman–Crippen LogP) is 1.95. The van der Waals surface area contributed by atoms with Crippen LogP contribution in [0.5, 0.6) is 5.75 Å². The quantitative estimate of drug-likeness (QED) is 0.713. The van der Waals surface area contributed by atoms with Crippen LogP contribution >= 0.6 is 0 Å². The summed E-state index contributed by atoms with van der Waals surface area (Å²) in [5.74, 6) is -0.711. The molecule has 8 nitrogen and oxygen atoms in total. The van der Waals surface area contributed by atoms with E-state index in [0.717, 1.165) is 17.7 Å². The first-order chi connectivity index (χ1) is 13.0. The zero-order valence-electron chi connectivity index (χ0n) is 15.3. The van der Waals surface area contributed by atoms with Crippen molar-refractivity contribution in [3.05, 3.63) is 46.8 Å². The normalized spacial score (nSPS) is 19.5. The van der Waals surface area contributed by atoms with Gasteiger partial charge in [-0.25, -0.2) is 4.79 Å². The number of H-pyrrole nitrogens is 1. The molecule has 0 saturated carbocycles. The lowest BCUT2D eigenvalue weighted by Gasteiger charge is -2.32. The Hall–Kier alpha value is -2.87. The first-order valence-corrected chi connectivity index (χ1v) is 8.92. The maximum atomic E-state index is 12.6. The van der Waals surface area contributed by atoms with Crippen LogP contribution in [0.25, 0.3) is 0 Å². The third-order valence-corrected chi connectivity index (χ3v) is 4.69. The zero-order chi connectivity index (χ0) is 19.4. The molecule has 27 heavy (non-hydrogen) atoms. The summed E-state index contributed by atoms with van der Waals surface area (Å²) in [6.45, 7) is 4.74. The topological polar surface area (TPSA) is 114 Å². The van der Waals surface area contributed by atoms with Crippen molar-refractivity contribution in [2.45, 2.75) is 38.8 Å². The molecule has 1 aromatic carbocycles. The Bertz CT molecular complexity index is 815. The number of hydrogen-bond acceptors (Lipinski definition) is 5. The van der Waals surface area contributed by atoms with E-state index < -0.39 is 5.97 Å². The third-order valence-electron chi connectivity index (χ3n) is 4.69. The van der Waals surface area contributed by atoms with Gasteiger partial charge >= 0.3 is 5.97 Å². The number of nitrogens with zero attached hydrogens (tertiary/aromatic N) is 1. The Morgan fingerprint density at radius 2 is 2.11 bits per heavy atom. The fourth-order valence-corrected chi connectivity index (χ4v) is 3.08. The molecule has 144 valence electrons. The second-order valence-corrected chi connectivity index (χ2v) is 6.46. The average Bonchev–Trinajstić information content (AvgIpc) is 3.04. The van der Waals surface area contributed by atoms with E-state index in [1.165, 1.54) is 12.1 Å². The molecule has 1 aliphatic heterocycles. The Balaban J connectivity index is 1.68. The van der Waals surface area contributed by atoms with Crippen LogP contribution in [0.15, 0.2) is 24.3 Å². The van der Waals surface area contributed by atoms with E-state index in [9.17, 15) is 9.59 Å². The molecule has 2 aromatic rings. The maximum absolute atomic E-state index is 12.6. The summed E-state index contributed by atoms with van der Waals surface area (Å²) < 4.78 is 11.4. The molecule has 0 bridgehead atoms. The molecule has 0 spiro atoms. The summed E-state index contributed by atoms with van der Waals surface area (Å²) in [6, 6.07) is 5.93. The molecular formula is C19H23N3O5. The van der Waals surface area contributed by atoms with E-state index >= 15 is 0 Å². The van der Waals surface area contributed by atoms with Crippen LogP contribution in [0, 0.1) is 6.92 Å². The molecule has 2 atom stereocenters. The standard InChI is InChI=1S/C19H23N3O5/c1-3-14-11(2)17(22-21-14)18(23)20-15-8-9-26-10-16(15)27-13-6-4-12(5-7-13)19(24)25/h4-7,15-16H,3,8-10H2,1-2H3,(H,20,23)(H,21,22)(H,24,25)/t15-,16-/m1/s1. The van der Waals surface area contributed by atoms with Crippen molar-refractivity contribution in [3.8, 4) is 5.75 Å². The molecule has 0 aliphatic carbocycles. The molecule has 2 heterocycles. The summed E-state index contributed by atoms with van der Waals surface area (Å²) >= 11 is 0. The number of carbonyl (C=O) groups is 2. The number of nitrogens with one attached hydrogen (secondary N) is 2. The number of hydrogen-bond donors (Lipinski definition) is 3. The molecule has 3 rings (SSSR count). The number of aromatic carboxylic acids is 1. The molecule has 1 amide bonds. The molecule has 3 N–H and O–H groups in total. The molecule has 1 aromatic heterocycles. The molecule has 1 fully saturated rings. The van der Waals surface area contributed by atoms with Gasteiger partial charge in [0.15, 0.2) is 5.69 Å². The van der Waals surface area contributed by atoms with Gasteiger partial charge in [-0.3, -0.25) is 9.89 Å². The highest BCUT2D eigenvalue weighted by molar-refractivity contribution is 5.94. The Labute approximate surface area is 156 Å². The summed E-state index contributed by atoms with van der Waals surface area (Å²) in [5, 5.41) is 19.0. The monoisotopic (exact) mass is 373 g/mol. The number of rotatable bonds is 6. The van der Waals surface area contributed by atoms with Crippen molar-refractivity contribution in [1.29, 1.82) is 0 Å². The number of carboxylic acid groups (broad SMARTS) is 1. The lowest BCUT2D eigenvalue weighted by molar-refractivity contribution is -0.0135. The van der Waals surface area contributed by atoms with Gasteiger partial charge < -0.3 is 19.9 Å². The minimum atomic E-state index is -0.992. The number of amides is 1. The third kappa shape index (κ3) is 4.28. The number of aryl methyl sites for hydroxylation is 1. The van der Waals surface area contributed by atoms with Gasteiger partial charge in [0.05, 0.1) is 18.2 Å². The van der Waals surface area contributed by atoms with E-state index in [1.807, 2.05) is 13.8 Å². The van der Waals surface area contributed by atoms with Crippen molar-refractivity contribution in [2.75, 3.05) is 13.2 Å². The van der Waals surface area contributed by atoms with Gasteiger partial charge in [0, 0.05) is 17.9 Å². The van der Waals surface area contributed by atoms with Gasteiger partial charge in [-0.05, 0) is 44.0 Å². The number of carbonyl (C=O) groups excluding carboxylic acids is 1. The summed E-state index contributed by atoms with van der Waals surface area (Å²) in [4.78, 5) is 23.6. The maximum Gasteiger partial charge on any atom is 0.335 e. The minimum absolute atomic E-state index is 0.188. The second kappa shape index (κ2) is 8.22. The van der Waals surface area contributed by atoms with E-state index in [-0.39, 0.29) is 23.6 Å². The van der Waals surface area contributed by atoms with E-state index in [1.54, 1.807) is 12.1 Å². The van der Waals surface area contributed by atoms with Gasteiger partial charge in [-0.15, -0.1) is 0 Å². The predicted molar refractivity (Wildman–Crippen MR) is 97.2 cm³/mol. The van der Waals surface area contributed by atoms with Crippen LogP contribution in [0.3, 0.4) is 0 Å². The molecule has 0 radical (unpaired) electrons. The molecule has 1 saturated heterocycles. The highest BCUT2D eigenvalue weighted by Crippen LogP contribution is 2.19. The van der Waals surface area contributed by atoms with E-state index in [2.05, 4.69) is 15.5 Å². The van der Waals surface area contributed by atoms with Crippen molar-refractivity contribution >= 4 is 11.9 Å². The van der Waals surface area contributed by atoms with Gasteiger partial charge in [0.25, 0.3) is 5.91 Å². The SMILES string of the molecule is CCc1[nH]nc(C(=O)N[C@@H]2CCOC[C@H]2Oc2ccc(C(=O)O)cc2)c1C. The average molecular weight is 373 g/mol. The van der Waals surface area contributed by atoms with Crippen LogP contribution < -0.4 is 10.1 Å². The highest BCUT2D eigenvalue weighted by atomic mass is 16.5. The number of carboxylic acids is 1. The molecular weight excluding hydrogens is 350 g/mol. The van der Waals surface area contributed by atoms with Crippen LogP contribution in [0.4, 0.5) is 0 Å². The Kier molecular flexibility index (Phi) is 5.75. The van der Waals surface area contributed by atoms with Crippen LogP contribution in [0.1, 0.15) is 45.4 Å². The van der Waals surface area contributed by atoms with E-state index in [0.29, 0.717) is 31.1 Å². The lowest BCUT2D eigenvalue weighted by atomic mass is 10.0. The number of ether oxygens (including phenoxy) is 2. The largest absolute Gasteiger partial charge is 0.486 e. The van der Waals surface area contributed by atoms with Crippen molar-refractivity contribution < 1.29 is 24.2 Å². The fraction of sp³-hybridized carbons (Fsp3) is 0.421.